The fourth-order valence-corrected chi connectivity index (χ4v) is 2.42. The van der Waals surface area contributed by atoms with Crippen LogP contribution in [0.3, 0.4) is 0 Å². The van der Waals surface area contributed by atoms with Gasteiger partial charge in [-0.05, 0) is 36.6 Å². The van der Waals surface area contributed by atoms with Gasteiger partial charge < -0.3 is 10.0 Å². The molecule has 1 fully saturated rings. The Morgan fingerprint density at radius 1 is 1.44 bits per heavy atom. The maximum absolute atomic E-state index is 12.0. The molecular weight excluding hydrogens is 294 g/mol. The molecule has 1 aromatic rings. The normalized spacial score (nSPS) is 19.7. The summed E-state index contributed by atoms with van der Waals surface area (Å²) in [5.74, 6) is -0.0190. The van der Waals surface area contributed by atoms with E-state index in [0.29, 0.717) is 0 Å². The first-order valence-electron chi connectivity index (χ1n) is 6.06. The first-order valence-corrected chi connectivity index (χ1v) is 6.85. The minimum atomic E-state index is -0.0190. The summed E-state index contributed by atoms with van der Waals surface area (Å²) in [4.78, 5) is 13.7. The van der Waals surface area contributed by atoms with Gasteiger partial charge in [-0.3, -0.25) is 4.79 Å². The maximum atomic E-state index is 12.0. The van der Waals surface area contributed by atoms with Gasteiger partial charge in [-0.25, -0.2) is 0 Å². The number of rotatable bonds is 3. The monoisotopic (exact) mass is 309 g/mol. The minimum absolute atomic E-state index is 0.00734. The lowest BCUT2D eigenvalue weighted by atomic mass is 10.2. The van der Waals surface area contributed by atoms with Crippen LogP contribution >= 0.6 is 15.9 Å². The number of nitrogens with zero attached hydrogens (tertiary/aromatic N) is 1. The quantitative estimate of drug-likeness (QED) is 0.871. The molecule has 0 radical (unpaired) electrons. The molecule has 0 aromatic heterocycles. The lowest BCUT2D eigenvalue weighted by molar-refractivity contribution is -0.127. The smallest absolute Gasteiger partial charge is 0.246 e. The van der Waals surface area contributed by atoms with Crippen molar-refractivity contribution < 1.29 is 9.90 Å². The number of halogens is 1. The third kappa shape index (κ3) is 3.21. The summed E-state index contributed by atoms with van der Waals surface area (Å²) in [5, 5.41) is 9.18. The topological polar surface area (TPSA) is 40.5 Å². The zero-order chi connectivity index (χ0) is 13.0. The van der Waals surface area contributed by atoms with Crippen LogP contribution in [0.4, 0.5) is 0 Å². The number of benzene rings is 1. The average molecular weight is 310 g/mol. The molecule has 96 valence electrons. The van der Waals surface area contributed by atoms with E-state index in [1.54, 1.807) is 11.0 Å². The van der Waals surface area contributed by atoms with Gasteiger partial charge in [0.15, 0.2) is 0 Å². The largest absolute Gasteiger partial charge is 0.394 e. The average Bonchev–Trinajstić information content (AvgIpc) is 2.86. The van der Waals surface area contributed by atoms with Crippen molar-refractivity contribution in [3.8, 4) is 0 Å². The first-order chi connectivity index (χ1) is 8.70. The Morgan fingerprint density at radius 2 is 2.17 bits per heavy atom. The van der Waals surface area contributed by atoms with Gasteiger partial charge in [0.2, 0.25) is 5.91 Å². The fourth-order valence-electron chi connectivity index (χ4n) is 2.15. The van der Waals surface area contributed by atoms with Crippen LogP contribution < -0.4 is 0 Å². The Bertz CT molecular complexity index is 442. The van der Waals surface area contributed by atoms with E-state index in [1.807, 2.05) is 30.3 Å². The highest BCUT2D eigenvalue weighted by atomic mass is 79.9. The molecule has 1 saturated heterocycles. The van der Waals surface area contributed by atoms with E-state index in [1.165, 1.54) is 0 Å². The molecular formula is C14H16BrNO2. The van der Waals surface area contributed by atoms with E-state index in [2.05, 4.69) is 15.9 Å². The summed E-state index contributed by atoms with van der Waals surface area (Å²) < 4.78 is 1.02. The first kappa shape index (κ1) is 13.3. The van der Waals surface area contributed by atoms with Crippen molar-refractivity contribution in [2.75, 3.05) is 13.2 Å². The van der Waals surface area contributed by atoms with E-state index in [9.17, 15) is 9.90 Å². The molecule has 1 heterocycles. The summed E-state index contributed by atoms with van der Waals surface area (Å²) in [7, 11) is 0. The van der Waals surface area contributed by atoms with E-state index in [-0.39, 0.29) is 18.6 Å². The Morgan fingerprint density at radius 3 is 2.83 bits per heavy atom. The van der Waals surface area contributed by atoms with Crippen molar-refractivity contribution in [2.24, 2.45) is 0 Å². The molecule has 0 aliphatic carbocycles. The Hall–Kier alpha value is -1.13. The van der Waals surface area contributed by atoms with Gasteiger partial charge in [0.05, 0.1) is 12.6 Å². The summed E-state index contributed by atoms with van der Waals surface area (Å²) in [6.45, 7) is 0.798. The highest BCUT2D eigenvalue weighted by Gasteiger charge is 2.26. The van der Waals surface area contributed by atoms with Crippen molar-refractivity contribution >= 4 is 27.9 Å². The van der Waals surface area contributed by atoms with Crippen LogP contribution in [0.5, 0.6) is 0 Å². The van der Waals surface area contributed by atoms with Gasteiger partial charge in [-0.1, -0.05) is 28.1 Å². The Kier molecular flexibility index (Phi) is 4.55. The summed E-state index contributed by atoms with van der Waals surface area (Å²) in [6, 6.07) is 7.77. The summed E-state index contributed by atoms with van der Waals surface area (Å²) >= 11 is 3.37. The molecule has 1 aromatic carbocycles. The number of likely N-dealkylation sites (tertiary alicyclic amines) is 1. The zero-order valence-corrected chi connectivity index (χ0v) is 11.6. The van der Waals surface area contributed by atoms with Crippen LogP contribution in [0.25, 0.3) is 6.08 Å². The van der Waals surface area contributed by atoms with Crippen LogP contribution in [0.2, 0.25) is 0 Å². The van der Waals surface area contributed by atoms with E-state index in [4.69, 9.17) is 0 Å². The molecule has 4 heteroatoms. The van der Waals surface area contributed by atoms with E-state index < -0.39 is 0 Å². The number of hydrogen-bond acceptors (Lipinski definition) is 2. The number of carbonyl (C=O) groups is 1. The number of aliphatic hydroxyl groups excluding tert-OH is 1. The second-order valence-electron chi connectivity index (χ2n) is 4.40. The standard InChI is InChI=1S/C14H16BrNO2/c15-12-6-3-11(4-7-12)5-8-14(18)16-9-1-2-13(16)10-17/h3-8,13,17H,1-2,9-10H2. The molecule has 1 amide bonds. The maximum Gasteiger partial charge on any atom is 0.246 e. The lowest BCUT2D eigenvalue weighted by Gasteiger charge is -2.21. The zero-order valence-electron chi connectivity index (χ0n) is 10.1. The lowest BCUT2D eigenvalue weighted by Crippen LogP contribution is -2.36. The van der Waals surface area contributed by atoms with E-state index >= 15 is 0 Å². The van der Waals surface area contributed by atoms with Crippen LogP contribution in [0.1, 0.15) is 18.4 Å². The SMILES string of the molecule is O=C(C=Cc1ccc(Br)cc1)N1CCCC1CO. The summed E-state index contributed by atoms with van der Waals surface area (Å²) in [5.41, 5.74) is 0.992. The molecule has 1 atom stereocenters. The fraction of sp³-hybridized carbons (Fsp3) is 0.357. The number of carbonyl (C=O) groups excluding carboxylic acids is 1. The van der Waals surface area contributed by atoms with Crippen LogP contribution in [0, 0.1) is 0 Å². The highest BCUT2D eigenvalue weighted by molar-refractivity contribution is 9.10. The number of aliphatic hydroxyl groups is 1. The van der Waals surface area contributed by atoms with Crippen LogP contribution in [-0.4, -0.2) is 35.1 Å². The number of amides is 1. The van der Waals surface area contributed by atoms with Crippen molar-refractivity contribution in [2.45, 2.75) is 18.9 Å². The van der Waals surface area contributed by atoms with Gasteiger partial charge in [0.25, 0.3) is 0 Å². The molecule has 0 bridgehead atoms. The van der Waals surface area contributed by atoms with Gasteiger partial charge in [-0.15, -0.1) is 0 Å². The summed E-state index contributed by atoms with van der Waals surface area (Å²) in [6.07, 6.45) is 5.26. The molecule has 3 nitrogen and oxygen atoms in total. The number of hydrogen-bond donors (Lipinski definition) is 1. The third-order valence-corrected chi connectivity index (χ3v) is 3.69. The minimum Gasteiger partial charge on any atom is -0.394 e. The molecule has 0 saturated carbocycles. The second-order valence-corrected chi connectivity index (χ2v) is 5.31. The Labute approximate surface area is 115 Å². The molecule has 18 heavy (non-hydrogen) atoms. The van der Waals surface area contributed by atoms with E-state index in [0.717, 1.165) is 29.4 Å². The molecule has 1 aliphatic heterocycles. The van der Waals surface area contributed by atoms with Crippen molar-refractivity contribution in [3.63, 3.8) is 0 Å². The predicted octanol–water partition coefficient (Wildman–Crippen LogP) is 2.45. The molecule has 1 unspecified atom stereocenters. The molecule has 1 N–H and O–H groups in total. The van der Waals surface area contributed by atoms with Crippen LogP contribution in [0.15, 0.2) is 34.8 Å². The van der Waals surface area contributed by atoms with Gasteiger partial charge in [0.1, 0.15) is 0 Å². The second kappa shape index (κ2) is 6.16. The predicted molar refractivity (Wildman–Crippen MR) is 75.0 cm³/mol. The molecule has 0 spiro atoms. The van der Waals surface area contributed by atoms with Gasteiger partial charge in [0, 0.05) is 17.1 Å². The van der Waals surface area contributed by atoms with Crippen LogP contribution in [-0.2, 0) is 4.79 Å². The molecule has 1 aliphatic rings. The van der Waals surface area contributed by atoms with Crippen molar-refractivity contribution in [3.05, 3.63) is 40.4 Å². The van der Waals surface area contributed by atoms with Crippen molar-refractivity contribution in [1.82, 2.24) is 4.90 Å². The van der Waals surface area contributed by atoms with Crippen molar-refractivity contribution in [1.29, 1.82) is 0 Å². The van der Waals surface area contributed by atoms with Gasteiger partial charge >= 0.3 is 0 Å². The Balaban J connectivity index is 2.00. The third-order valence-electron chi connectivity index (χ3n) is 3.16. The highest BCUT2D eigenvalue weighted by Crippen LogP contribution is 2.17. The molecule has 2 rings (SSSR count). The van der Waals surface area contributed by atoms with Gasteiger partial charge in [-0.2, -0.15) is 0 Å².